The first kappa shape index (κ1) is 22.2. The van der Waals surface area contributed by atoms with Crippen LogP contribution < -0.4 is 0 Å². The first-order valence-corrected chi connectivity index (χ1v) is 13.7. The molecule has 4 heterocycles. The summed E-state index contributed by atoms with van der Waals surface area (Å²) in [4.78, 5) is 29.5. The number of aromatic nitrogens is 3. The first-order chi connectivity index (χ1) is 16.7. The Hall–Kier alpha value is -2.29. The zero-order valence-corrected chi connectivity index (χ0v) is 20.8. The minimum atomic E-state index is 0.144. The monoisotopic (exact) mass is 478 g/mol. The Morgan fingerprint density at radius 2 is 1.85 bits per heavy atom. The third-order valence-electron chi connectivity index (χ3n) is 7.97. The maximum Gasteiger partial charge on any atom is 0.254 e. The number of benzene rings is 1. The van der Waals surface area contributed by atoms with Crippen LogP contribution in [0.5, 0.6) is 0 Å². The van der Waals surface area contributed by atoms with Gasteiger partial charge in [0.15, 0.2) is 0 Å². The minimum absolute atomic E-state index is 0.144. The summed E-state index contributed by atoms with van der Waals surface area (Å²) in [5.41, 5.74) is 2.91. The van der Waals surface area contributed by atoms with E-state index in [4.69, 9.17) is 4.98 Å². The molecule has 2 aliphatic heterocycles. The maximum atomic E-state index is 13.2. The van der Waals surface area contributed by atoms with Crippen molar-refractivity contribution in [2.45, 2.75) is 57.7 Å². The molecule has 6 rings (SSSR count). The molecule has 1 saturated carbocycles. The van der Waals surface area contributed by atoms with E-state index in [-0.39, 0.29) is 5.91 Å². The Balaban J connectivity index is 1.05. The Morgan fingerprint density at radius 1 is 1.06 bits per heavy atom. The van der Waals surface area contributed by atoms with Gasteiger partial charge >= 0.3 is 0 Å². The molecule has 180 valence electrons. The van der Waals surface area contributed by atoms with Gasteiger partial charge in [-0.15, -0.1) is 11.3 Å². The summed E-state index contributed by atoms with van der Waals surface area (Å²) < 4.78 is 2.41. The summed E-state index contributed by atoms with van der Waals surface area (Å²) in [6.07, 6.45) is 8.31. The predicted molar refractivity (Wildman–Crippen MR) is 135 cm³/mol. The maximum absolute atomic E-state index is 13.2. The van der Waals surface area contributed by atoms with Gasteiger partial charge in [-0.25, -0.2) is 9.97 Å². The number of aryl methyl sites for hydroxylation is 1. The van der Waals surface area contributed by atoms with Crippen LogP contribution in [0.2, 0.25) is 0 Å². The van der Waals surface area contributed by atoms with Crippen molar-refractivity contribution in [3.8, 4) is 0 Å². The zero-order valence-electron chi connectivity index (χ0n) is 20.0. The van der Waals surface area contributed by atoms with Crippen LogP contribution in [0, 0.1) is 6.92 Å². The molecule has 0 unspecified atom stereocenters. The van der Waals surface area contributed by atoms with Gasteiger partial charge < -0.3 is 9.47 Å². The number of thiazole rings is 1. The van der Waals surface area contributed by atoms with E-state index in [0.717, 1.165) is 62.7 Å². The molecule has 0 N–H and O–H groups in total. The van der Waals surface area contributed by atoms with Crippen molar-refractivity contribution in [3.63, 3.8) is 0 Å². The van der Waals surface area contributed by atoms with Crippen molar-refractivity contribution in [1.82, 2.24) is 29.2 Å². The number of nitrogens with zero attached hydrogens (tertiary/aromatic N) is 6. The van der Waals surface area contributed by atoms with E-state index in [2.05, 4.69) is 32.3 Å². The quantitative estimate of drug-likeness (QED) is 0.556. The molecule has 34 heavy (non-hydrogen) atoms. The molecule has 3 aromatic rings. The second kappa shape index (κ2) is 9.40. The molecule has 0 bridgehead atoms. The van der Waals surface area contributed by atoms with Gasteiger partial charge in [0.05, 0.1) is 17.6 Å². The number of carbonyl (C=O) groups is 1. The highest BCUT2D eigenvalue weighted by molar-refractivity contribution is 7.09. The fourth-order valence-corrected chi connectivity index (χ4v) is 6.65. The average molecular weight is 479 g/mol. The second-order valence-electron chi connectivity index (χ2n) is 10.1. The van der Waals surface area contributed by atoms with Crippen LogP contribution in [-0.4, -0.2) is 80.5 Å². The van der Waals surface area contributed by atoms with E-state index in [1.807, 2.05) is 28.6 Å². The molecule has 7 nitrogen and oxygen atoms in total. The summed E-state index contributed by atoms with van der Waals surface area (Å²) in [6.45, 7) is 9.01. The molecule has 1 aliphatic carbocycles. The van der Waals surface area contributed by atoms with E-state index >= 15 is 0 Å². The highest BCUT2D eigenvalue weighted by Gasteiger charge is 2.36. The van der Waals surface area contributed by atoms with Gasteiger partial charge in [0, 0.05) is 68.5 Å². The average Bonchev–Trinajstić information content (AvgIpc) is 3.45. The zero-order chi connectivity index (χ0) is 23.1. The van der Waals surface area contributed by atoms with Crippen molar-refractivity contribution >= 4 is 28.3 Å². The molecule has 3 fully saturated rings. The van der Waals surface area contributed by atoms with Crippen LogP contribution in [-0.2, 0) is 6.54 Å². The van der Waals surface area contributed by atoms with Crippen LogP contribution >= 0.6 is 11.3 Å². The lowest BCUT2D eigenvalue weighted by Gasteiger charge is -2.48. The van der Waals surface area contributed by atoms with Gasteiger partial charge in [0.25, 0.3) is 5.91 Å². The van der Waals surface area contributed by atoms with Crippen LogP contribution in [0.25, 0.3) is 11.0 Å². The molecule has 0 atom stereocenters. The number of rotatable bonds is 5. The molecule has 8 heteroatoms. The molecule has 1 aromatic carbocycles. The number of carbonyl (C=O) groups excluding carboxylic acids is 1. The van der Waals surface area contributed by atoms with Crippen LogP contribution in [0.3, 0.4) is 0 Å². The summed E-state index contributed by atoms with van der Waals surface area (Å²) in [5.74, 6) is 1.22. The summed E-state index contributed by atoms with van der Waals surface area (Å²) in [7, 11) is 0. The van der Waals surface area contributed by atoms with Crippen LogP contribution in [0.4, 0.5) is 0 Å². The van der Waals surface area contributed by atoms with Crippen molar-refractivity contribution in [2.75, 3.05) is 39.3 Å². The summed E-state index contributed by atoms with van der Waals surface area (Å²) >= 11 is 1.73. The number of fused-ring (bicyclic) bond motifs is 1. The number of piperazine rings is 1. The predicted octanol–water partition coefficient (Wildman–Crippen LogP) is 3.95. The van der Waals surface area contributed by atoms with Crippen molar-refractivity contribution in [2.24, 2.45) is 0 Å². The lowest BCUT2D eigenvalue weighted by molar-refractivity contribution is 0.00648. The molecule has 0 spiro atoms. The molecule has 2 aromatic heterocycles. The van der Waals surface area contributed by atoms with E-state index in [0.29, 0.717) is 12.1 Å². The number of hydrogen-bond acceptors (Lipinski definition) is 6. The molecule has 3 aliphatic rings. The normalized spacial score (nSPS) is 21.3. The molecular weight excluding hydrogens is 444 g/mol. The minimum Gasteiger partial charge on any atom is -0.335 e. The Bertz CT molecular complexity index is 1140. The van der Waals surface area contributed by atoms with E-state index in [1.165, 1.54) is 42.6 Å². The highest BCUT2D eigenvalue weighted by atomic mass is 32.1. The van der Waals surface area contributed by atoms with Crippen molar-refractivity contribution in [1.29, 1.82) is 0 Å². The third-order valence-corrected chi connectivity index (χ3v) is 8.73. The molecular formula is C26H34N6OS. The molecule has 0 radical (unpaired) electrons. The number of hydrogen-bond donors (Lipinski definition) is 0. The van der Waals surface area contributed by atoms with Gasteiger partial charge in [0.1, 0.15) is 10.8 Å². The largest absolute Gasteiger partial charge is 0.335 e. The second-order valence-corrected chi connectivity index (χ2v) is 11.1. The smallest absolute Gasteiger partial charge is 0.254 e. The first-order valence-electron chi connectivity index (χ1n) is 12.8. The molecule has 1 amide bonds. The van der Waals surface area contributed by atoms with E-state index < -0.39 is 0 Å². The third kappa shape index (κ3) is 4.27. The highest BCUT2D eigenvalue weighted by Crippen LogP contribution is 2.33. The Kier molecular flexibility index (Phi) is 6.13. The number of likely N-dealkylation sites (tertiary alicyclic amines) is 1. The Morgan fingerprint density at radius 3 is 2.59 bits per heavy atom. The van der Waals surface area contributed by atoms with Crippen LogP contribution in [0.1, 0.15) is 59.3 Å². The van der Waals surface area contributed by atoms with Crippen molar-refractivity contribution in [3.05, 3.63) is 46.2 Å². The van der Waals surface area contributed by atoms with Crippen molar-refractivity contribution < 1.29 is 4.79 Å². The fraction of sp³-hybridized carbons (Fsp3) is 0.577. The van der Waals surface area contributed by atoms with Gasteiger partial charge in [-0.05, 0) is 38.0 Å². The topological polar surface area (TPSA) is 57.5 Å². The molecule has 2 saturated heterocycles. The van der Waals surface area contributed by atoms with Gasteiger partial charge in [-0.2, -0.15) is 0 Å². The fourth-order valence-electron chi connectivity index (χ4n) is 6.00. The van der Waals surface area contributed by atoms with Crippen LogP contribution in [0.15, 0.2) is 29.8 Å². The lowest BCUT2D eigenvalue weighted by Crippen LogP contribution is -2.64. The summed E-state index contributed by atoms with van der Waals surface area (Å²) in [5, 5.41) is 3.25. The van der Waals surface area contributed by atoms with E-state index in [1.54, 1.807) is 11.3 Å². The summed E-state index contributed by atoms with van der Waals surface area (Å²) in [6, 6.07) is 7.18. The van der Waals surface area contributed by atoms with Gasteiger partial charge in [-0.1, -0.05) is 19.3 Å². The lowest BCUT2D eigenvalue weighted by atomic mass is 9.95. The number of amides is 1. The SMILES string of the molecule is Cc1nc2cc(C(=O)N3CC(N4CCN(Cc5nccs5)CC4)C3)ccc2n1C1CCCCC1. The van der Waals surface area contributed by atoms with Gasteiger partial charge in [-0.3, -0.25) is 14.6 Å². The van der Waals surface area contributed by atoms with E-state index in [9.17, 15) is 4.79 Å². The number of imidazole rings is 1. The standard InChI is InChI=1S/C26H34N6OS/c1-19-28-23-15-20(7-8-24(23)32(19)21-5-3-2-4-6-21)26(33)31-16-22(17-31)30-12-10-29(11-13-30)18-25-27-9-14-34-25/h7-9,14-15,21-22H,2-6,10-13,16-18H2,1H3. The Labute approximate surface area is 205 Å². The van der Waals surface area contributed by atoms with Gasteiger partial charge in [0.2, 0.25) is 0 Å².